The van der Waals surface area contributed by atoms with Crippen LogP contribution >= 0.6 is 0 Å². The van der Waals surface area contributed by atoms with Crippen LogP contribution in [0.2, 0.25) is 0 Å². The van der Waals surface area contributed by atoms with Crippen LogP contribution in [0.15, 0.2) is 54.7 Å². The lowest BCUT2D eigenvalue weighted by Crippen LogP contribution is -2.65. The molecule has 2 aliphatic heterocycles. The van der Waals surface area contributed by atoms with Crippen molar-refractivity contribution in [2.24, 2.45) is 0 Å². The predicted octanol–water partition coefficient (Wildman–Crippen LogP) is 1.62. The Balaban J connectivity index is 1.28. The van der Waals surface area contributed by atoms with Crippen LogP contribution in [-0.2, 0) is 16.0 Å². The molecule has 5 rings (SSSR count). The second kappa shape index (κ2) is 8.03. The third kappa shape index (κ3) is 3.47. The van der Waals surface area contributed by atoms with Gasteiger partial charge in [0.1, 0.15) is 17.8 Å². The molecule has 2 aliphatic rings. The fraction of sp³-hybridized carbons (Fsp3) is 0.292. The average Bonchev–Trinajstić information content (AvgIpc) is 3.42. The van der Waals surface area contributed by atoms with Crippen molar-refractivity contribution in [3.05, 3.63) is 65.9 Å². The first kappa shape index (κ1) is 20.1. The van der Waals surface area contributed by atoms with E-state index in [-0.39, 0.29) is 17.7 Å². The zero-order valence-corrected chi connectivity index (χ0v) is 17.6. The third-order valence-electron chi connectivity index (χ3n) is 6.33. The summed E-state index contributed by atoms with van der Waals surface area (Å²) in [6, 6.07) is 12.9. The van der Waals surface area contributed by atoms with E-state index in [0.717, 1.165) is 16.5 Å². The number of aromatic nitrogens is 1. The molecule has 2 fully saturated rings. The van der Waals surface area contributed by atoms with E-state index in [1.54, 1.807) is 36.3 Å². The third-order valence-corrected chi connectivity index (χ3v) is 6.33. The first-order valence-electron chi connectivity index (χ1n) is 10.7. The van der Waals surface area contributed by atoms with Gasteiger partial charge in [-0.25, -0.2) is 0 Å². The topological polar surface area (TPSA) is 104 Å². The quantitative estimate of drug-likeness (QED) is 0.570. The zero-order chi connectivity index (χ0) is 22.2. The minimum Gasteiger partial charge on any atom is -0.497 e. The van der Waals surface area contributed by atoms with E-state index in [0.29, 0.717) is 30.7 Å². The van der Waals surface area contributed by atoms with Crippen molar-refractivity contribution < 1.29 is 19.1 Å². The summed E-state index contributed by atoms with van der Waals surface area (Å²) in [7, 11) is 1.56. The molecule has 3 atom stereocenters. The van der Waals surface area contributed by atoms with Crippen molar-refractivity contribution >= 4 is 28.6 Å². The Hall–Kier alpha value is -3.81. The first-order chi connectivity index (χ1) is 15.5. The molecule has 8 nitrogen and oxygen atoms in total. The number of hydrogen-bond acceptors (Lipinski definition) is 4. The first-order valence-corrected chi connectivity index (χ1v) is 10.7. The molecule has 3 N–H and O–H groups in total. The molecule has 2 saturated heterocycles. The highest BCUT2D eigenvalue weighted by Gasteiger charge is 2.48. The van der Waals surface area contributed by atoms with Crippen molar-refractivity contribution in [3.63, 3.8) is 0 Å². The van der Waals surface area contributed by atoms with Gasteiger partial charge in [-0.1, -0.05) is 18.2 Å². The van der Waals surface area contributed by atoms with Gasteiger partial charge >= 0.3 is 0 Å². The zero-order valence-electron chi connectivity index (χ0n) is 17.6. The maximum Gasteiger partial charge on any atom is 0.251 e. The van der Waals surface area contributed by atoms with Crippen molar-refractivity contribution in [2.45, 2.75) is 31.0 Å². The van der Waals surface area contributed by atoms with E-state index >= 15 is 0 Å². The number of carbonyl (C=O) groups is 3. The number of rotatable bonds is 5. The predicted molar refractivity (Wildman–Crippen MR) is 118 cm³/mol. The van der Waals surface area contributed by atoms with Gasteiger partial charge in [0.05, 0.1) is 13.2 Å². The fourth-order valence-corrected chi connectivity index (χ4v) is 4.69. The lowest BCUT2D eigenvalue weighted by Gasteiger charge is -2.36. The van der Waals surface area contributed by atoms with Crippen LogP contribution in [0.25, 0.3) is 10.9 Å². The molecule has 3 heterocycles. The highest BCUT2D eigenvalue weighted by Crippen LogP contribution is 2.26. The van der Waals surface area contributed by atoms with Crippen LogP contribution in [0.5, 0.6) is 5.75 Å². The molecular formula is C24H24N4O4. The highest BCUT2D eigenvalue weighted by molar-refractivity contribution is 6.00. The Morgan fingerprint density at radius 3 is 2.72 bits per heavy atom. The van der Waals surface area contributed by atoms with Gasteiger partial charge in [0, 0.05) is 35.6 Å². The second-order valence-electron chi connectivity index (χ2n) is 8.20. The molecule has 3 aromatic rings. The molecule has 8 heteroatoms. The minimum absolute atomic E-state index is 0.110. The molecule has 0 spiro atoms. The largest absolute Gasteiger partial charge is 0.497 e. The number of ether oxygens (including phenoxy) is 1. The standard InChI is InChI=1S/C24H24N4O4/c1-32-16-8-6-14(7-9-16)22(29)26-19-10-11-28-21(19)23(30)27-20(24(28)31)12-15-13-25-18-5-3-2-4-17(15)18/h2-9,13,19-21,25H,10-12H2,1H3,(H,26,29)(H,27,30). The van der Waals surface area contributed by atoms with Crippen LogP contribution in [0.1, 0.15) is 22.3 Å². The number of fused-ring (bicyclic) bond motifs is 2. The van der Waals surface area contributed by atoms with Gasteiger partial charge in [-0.05, 0) is 42.3 Å². The van der Waals surface area contributed by atoms with Crippen LogP contribution in [0.4, 0.5) is 0 Å². The molecule has 1 aromatic heterocycles. The van der Waals surface area contributed by atoms with Gasteiger partial charge < -0.3 is 25.3 Å². The highest BCUT2D eigenvalue weighted by atomic mass is 16.5. The summed E-state index contributed by atoms with van der Waals surface area (Å²) < 4.78 is 5.12. The number of amides is 3. The van der Waals surface area contributed by atoms with E-state index in [1.807, 2.05) is 30.5 Å². The number of piperazine rings is 1. The Bertz CT molecular complexity index is 1190. The molecule has 2 aromatic carbocycles. The lowest BCUT2D eigenvalue weighted by molar-refractivity contribution is -0.147. The van der Waals surface area contributed by atoms with Crippen molar-refractivity contribution in [1.29, 1.82) is 0 Å². The van der Waals surface area contributed by atoms with Crippen molar-refractivity contribution in [1.82, 2.24) is 20.5 Å². The summed E-state index contributed by atoms with van der Waals surface area (Å²) in [5.74, 6) is 0.0424. The van der Waals surface area contributed by atoms with Gasteiger partial charge in [0.2, 0.25) is 11.8 Å². The van der Waals surface area contributed by atoms with Gasteiger partial charge in [0.25, 0.3) is 5.91 Å². The van der Waals surface area contributed by atoms with Crippen molar-refractivity contribution in [3.8, 4) is 5.75 Å². The number of carbonyl (C=O) groups excluding carboxylic acids is 3. The van der Waals surface area contributed by atoms with E-state index in [2.05, 4.69) is 15.6 Å². The number of nitrogens with one attached hydrogen (secondary N) is 3. The molecule has 0 bridgehead atoms. The Morgan fingerprint density at radius 1 is 1.16 bits per heavy atom. The molecule has 3 unspecified atom stereocenters. The Kier molecular flexibility index (Phi) is 5.05. The van der Waals surface area contributed by atoms with Crippen LogP contribution in [-0.4, -0.2) is 59.4 Å². The summed E-state index contributed by atoms with van der Waals surface area (Å²) in [6.45, 7) is 0.439. The summed E-state index contributed by atoms with van der Waals surface area (Å²) in [4.78, 5) is 43.6. The van der Waals surface area contributed by atoms with Crippen LogP contribution in [0.3, 0.4) is 0 Å². The molecule has 0 aliphatic carbocycles. The number of para-hydroxylation sites is 1. The normalized spacial score (nSPS) is 22.5. The maximum atomic E-state index is 13.2. The number of benzene rings is 2. The number of hydrogen-bond donors (Lipinski definition) is 3. The number of nitrogens with zero attached hydrogens (tertiary/aromatic N) is 1. The molecular weight excluding hydrogens is 408 g/mol. The van der Waals surface area contributed by atoms with Crippen LogP contribution < -0.4 is 15.4 Å². The number of aromatic amines is 1. The molecule has 32 heavy (non-hydrogen) atoms. The molecule has 0 radical (unpaired) electrons. The summed E-state index contributed by atoms with van der Waals surface area (Å²) in [5.41, 5.74) is 2.46. The smallest absolute Gasteiger partial charge is 0.251 e. The lowest BCUT2D eigenvalue weighted by atomic mass is 9.99. The second-order valence-corrected chi connectivity index (χ2v) is 8.20. The molecule has 0 saturated carbocycles. The Morgan fingerprint density at radius 2 is 1.94 bits per heavy atom. The molecule has 164 valence electrons. The SMILES string of the molecule is COc1ccc(C(=O)NC2CCN3C(=O)C(Cc4c[nH]c5ccccc45)NC(=O)C23)cc1. The minimum atomic E-state index is -0.691. The number of H-pyrrole nitrogens is 1. The maximum absolute atomic E-state index is 13.2. The van der Waals surface area contributed by atoms with Gasteiger partial charge in [0.15, 0.2) is 0 Å². The van der Waals surface area contributed by atoms with Gasteiger partial charge in [-0.2, -0.15) is 0 Å². The van der Waals surface area contributed by atoms with E-state index < -0.39 is 18.1 Å². The summed E-state index contributed by atoms with van der Waals surface area (Å²) in [5, 5.41) is 6.86. The number of methoxy groups -OCH3 is 1. The van der Waals surface area contributed by atoms with E-state index in [1.165, 1.54) is 0 Å². The van der Waals surface area contributed by atoms with Crippen LogP contribution in [0, 0.1) is 0 Å². The van der Waals surface area contributed by atoms with E-state index in [9.17, 15) is 14.4 Å². The Labute approximate surface area is 184 Å². The summed E-state index contributed by atoms with van der Waals surface area (Å²) >= 11 is 0. The van der Waals surface area contributed by atoms with Crippen molar-refractivity contribution in [2.75, 3.05) is 13.7 Å². The van der Waals surface area contributed by atoms with Gasteiger partial charge in [-0.3, -0.25) is 14.4 Å². The molecule has 3 amide bonds. The average molecular weight is 432 g/mol. The fourth-order valence-electron chi connectivity index (χ4n) is 4.69. The van der Waals surface area contributed by atoms with E-state index in [4.69, 9.17) is 4.74 Å². The summed E-state index contributed by atoms with van der Waals surface area (Å²) in [6.07, 6.45) is 2.84. The van der Waals surface area contributed by atoms with Gasteiger partial charge in [-0.15, -0.1) is 0 Å². The monoisotopic (exact) mass is 432 g/mol.